The molecule has 21 heavy (non-hydrogen) atoms. The van der Waals surface area contributed by atoms with Crippen LogP contribution in [0.15, 0.2) is 53.9 Å². The maximum Gasteiger partial charge on any atom is 0.196 e. The molecule has 0 N–H and O–H groups in total. The van der Waals surface area contributed by atoms with Crippen LogP contribution in [0, 0.1) is 5.82 Å². The summed E-state index contributed by atoms with van der Waals surface area (Å²) < 4.78 is 15.9. The number of para-hydroxylation sites is 1. The van der Waals surface area contributed by atoms with Crippen LogP contribution in [0.2, 0.25) is 0 Å². The number of nitrogens with zero attached hydrogens (tertiary/aromatic N) is 4. The molecule has 0 aliphatic carbocycles. The standard InChI is InChI=1S/C15H13FN4S/c1-2-21-15-19-18-14(11-6-5-9-17-10-11)20(15)13-8-4-3-7-12(13)16/h3-10H,2H2,1H3. The van der Waals surface area contributed by atoms with Gasteiger partial charge in [-0.05, 0) is 30.0 Å². The molecule has 3 rings (SSSR count). The Morgan fingerprint density at radius 2 is 2.00 bits per heavy atom. The fourth-order valence-corrected chi connectivity index (χ4v) is 2.70. The summed E-state index contributed by atoms with van der Waals surface area (Å²) in [5, 5.41) is 9.06. The largest absolute Gasteiger partial charge is 0.267 e. The van der Waals surface area contributed by atoms with Gasteiger partial charge < -0.3 is 0 Å². The van der Waals surface area contributed by atoms with Crippen LogP contribution < -0.4 is 0 Å². The van der Waals surface area contributed by atoms with E-state index >= 15 is 0 Å². The maximum atomic E-state index is 14.2. The van der Waals surface area contributed by atoms with E-state index in [1.54, 1.807) is 35.2 Å². The Kier molecular flexibility index (Phi) is 3.96. The van der Waals surface area contributed by atoms with E-state index in [9.17, 15) is 4.39 Å². The molecule has 0 unspecified atom stereocenters. The van der Waals surface area contributed by atoms with E-state index in [1.807, 2.05) is 19.1 Å². The van der Waals surface area contributed by atoms with Crippen LogP contribution in [-0.2, 0) is 0 Å². The predicted octanol–water partition coefficient (Wildman–Crippen LogP) is 3.58. The number of thioether (sulfide) groups is 1. The highest BCUT2D eigenvalue weighted by Crippen LogP contribution is 2.28. The monoisotopic (exact) mass is 300 g/mol. The Morgan fingerprint density at radius 1 is 1.14 bits per heavy atom. The third kappa shape index (κ3) is 2.67. The molecule has 0 aliphatic heterocycles. The van der Waals surface area contributed by atoms with Crippen molar-refractivity contribution in [3.8, 4) is 17.1 Å². The molecule has 0 spiro atoms. The first-order chi connectivity index (χ1) is 10.3. The van der Waals surface area contributed by atoms with Crippen LogP contribution in [0.5, 0.6) is 0 Å². The molecule has 2 aromatic heterocycles. The first-order valence-corrected chi connectivity index (χ1v) is 7.53. The quantitative estimate of drug-likeness (QED) is 0.691. The van der Waals surface area contributed by atoms with Gasteiger partial charge in [-0.25, -0.2) is 4.39 Å². The van der Waals surface area contributed by atoms with Crippen molar-refractivity contribution in [2.75, 3.05) is 5.75 Å². The summed E-state index contributed by atoms with van der Waals surface area (Å²) in [6, 6.07) is 10.3. The van der Waals surface area contributed by atoms with Crippen LogP contribution in [0.25, 0.3) is 17.1 Å². The van der Waals surface area contributed by atoms with Crippen molar-refractivity contribution >= 4 is 11.8 Å². The topological polar surface area (TPSA) is 43.6 Å². The lowest BCUT2D eigenvalue weighted by molar-refractivity contribution is 0.613. The van der Waals surface area contributed by atoms with Gasteiger partial charge in [0.2, 0.25) is 0 Å². The zero-order chi connectivity index (χ0) is 14.7. The molecule has 0 saturated heterocycles. The molecule has 0 radical (unpaired) electrons. The van der Waals surface area contributed by atoms with Gasteiger partial charge in [0.1, 0.15) is 5.82 Å². The number of hydrogen-bond acceptors (Lipinski definition) is 4. The molecule has 6 heteroatoms. The molecular weight excluding hydrogens is 287 g/mol. The third-order valence-corrected chi connectivity index (χ3v) is 3.73. The fourth-order valence-electron chi connectivity index (χ4n) is 2.02. The van der Waals surface area contributed by atoms with Gasteiger partial charge in [-0.1, -0.05) is 30.8 Å². The van der Waals surface area contributed by atoms with Crippen LogP contribution in [0.1, 0.15) is 6.92 Å². The van der Waals surface area contributed by atoms with E-state index < -0.39 is 0 Å². The summed E-state index contributed by atoms with van der Waals surface area (Å²) in [5.41, 5.74) is 1.24. The van der Waals surface area contributed by atoms with Gasteiger partial charge in [0.15, 0.2) is 11.0 Å². The fraction of sp³-hybridized carbons (Fsp3) is 0.133. The molecule has 0 fully saturated rings. The number of aromatic nitrogens is 4. The Labute approximate surface area is 126 Å². The van der Waals surface area contributed by atoms with Crippen molar-refractivity contribution in [2.45, 2.75) is 12.1 Å². The minimum absolute atomic E-state index is 0.305. The number of rotatable bonds is 4. The van der Waals surface area contributed by atoms with Gasteiger partial charge in [0.25, 0.3) is 0 Å². The summed E-state index contributed by atoms with van der Waals surface area (Å²) in [5.74, 6) is 1.11. The predicted molar refractivity (Wildman–Crippen MR) is 80.9 cm³/mol. The van der Waals surface area contributed by atoms with E-state index in [1.165, 1.54) is 17.8 Å². The van der Waals surface area contributed by atoms with Crippen LogP contribution in [-0.4, -0.2) is 25.5 Å². The molecule has 0 bridgehead atoms. The first-order valence-electron chi connectivity index (χ1n) is 6.54. The number of halogens is 1. The van der Waals surface area contributed by atoms with E-state index in [2.05, 4.69) is 15.2 Å². The van der Waals surface area contributed by atoms with Crippen molar-refractivity contribution in [2.24, 2.45) is 0 Å². The van der Waals surface area contributed by atoms with Gasteiger partial charge in [0, 0.05) is 18.0 Å². The summed E-state index contributed by atoms with van der Waals surface area (Å²) in [6.45, 7) is 2.02. The van der Waals surface area contributed by atoms with Gasteiger partial charge in [-0.2, -0.15) is 0 Å². The van der Waals surface area contributed by atoms with E-state index in [-0.39, 0.29) is 5.82 Å². The summed E-state index contributed by atoms with van der Waals surface area (Å²) in [7, 11) is 0. The lowest BCUT2D eigenvalue weighted by Crippen LogP contribution is -2.02. The van der Waals surface area contributed by atoms with Crippen LogP contribution >= 0.6 is 11.8 Å². The van der Waals surface area contributed by atoms with Crippen molar-refractivity contribution in [1.82, 2.24) is 19.7 Å². The molecule has 1 aromatic carbocycles. The van der Waals surface area contributed by atoms with Crippen molar-refractivity contribution in [3.05, 3.63) is 54.6 Å². The van der Waals surface area contributed by atoms with Crippen LogP contribution in [0.3, 0.4) is 0 Å². The van der Waals surface area contributed by atoms with Crippen molar-refractivity contribution in [1.29, 1.82) is 0 Å². The van der Waals surface area contributed by atoms with Gasteiger partial charge in [-0.15, -0.1) is 10.2 Å². The van der Waals surface area contributed by atoms with Gasteiger partial charge in [0.05, 0.1) is 5.69 Å². The smallest absolute Gasteiger partial charge is 0.196 e. The maximum absolute atomic E-state index is 14.2. The zero-order valence-corrected chi connectivity index (χ0v) is 12.2. The number of benzene rings is 1. The first kappa shape index (κ1) is 13.8. The van der Waals surface area contributed by atoms with E-state index in [4.69, 9.17) is 0 Å². The summed E-state index contributed by atoms with van der Waals surface area (Å²) >= 11 is 1.52. The van der Waals surface area contributed by atoms with Gasteiger partial charge >= 0.3 is 0 Å². The molecule has 0 atom stereocenters. The summed E-state index contributed by atoms with van der Waals surface area (Å²) in [4.78, 5) is 4.09. The molecule has 0 amide bonds. The molecule has 4 nitrogen and oxygen atoms in total. The Hall–Kier alpha value is -2.21. The van der Waals surface area contributed by atoms with Crippen LogP contribution in [0.4, 0.5) is 4.39 Å². The summed E-state index contributed by atoms with van der Waals surface area (Å²) in [6.07, 6.45) is 3.39. The Morgan fingerprint density at radius 3 is 2.71 bits per heavy atom. The minimum Gasteiger partial charge on any atom is -0.267 e. The molecule has 0 saturated carbocycles. The zero-order valence-electron chi connectivity index (χ0n) is 11.4. The second-order valence-corrected chi connectivity index (χ2v) is 5.50. The Balaban J connectivity index is 2.21. The number of pyridine rings is 1. The Bertz CT molecular complexity index is 742. The molecular formula is C15H13FN4S. The lowest BCUT2D eigenvalue weighted by Gasteiger charge is -2.10. The van der Waals surface area contributed by atoms with E-state index in [0.717, 1.165) is 11.3 Å². The molecule has 0 aliphatic rings. The molecule has 2 heterocycles. The SMILES string of the molecule is CCSc1nnc(-c2cccnc2)n1-c1ccccc1F. The highest BCUT2D eigenvalue weighted by Gasteiger charge is 2.17. The third-order valence-electron chi connectivity index (χ3n) is 2.92. The highest BCUT2D eigenvalue weighted by molar-refractivity contribution is 7.99. The normalized spacial score (nSPS) is 10.8. The lowest BCUT2D eigenvalue weighted by atomic mass is 10.2. The molecule has 106 valence electrons. The van der Waals surface area contributed by atoms with Crippen molar-refractivity contribution in [3.63, 3.8) is 0 Å². The average molecular weight is 300 g/mol. The number of hydrogen-bond donors (Lipinski definition) is 0. The van der Waals surface area contributed by atoms with E-state index in [0.29, 0.717) is 16.7 Å². The molecule has 3 aromatic rings. The highest BCUT2D eigenvalue weighted by atomic mass is 32.2. The average Bonchev–Trinajstić information content (AvgIpc) is 2.93. The minimum atomic E-state index is -0.305. The second-order valence-electron chi connectivity index (χ2n) is 4.27. The van der Waals surface area contributed by atoms with Gasteiger partial charge in [-0.3, -0.25) is 9.55 Å². The second kappa shape index (κ2) is 6.05. The van der Waals surface area contributed by atoms with Crippen molar-refractivity contribution < 1.29 is 4.39 Å².